The monoisotopic (exact) mass is 478 g/mol. The highest BCUT2D eigenvalue weighted by Gasteiger charge is 1.95. The summed E-state index contributed by atoms with van der Waals surface area (Å²) >= 11 is 3.37. The molecule has 2 heterocycles. The van der Waals surface area contributed by atoms with E-state index in [0.29, 0.717) is 0 Å². The van der Waals surface area contributed by atoms with E-state index in [1.54, 1.807) is 14.2 Å². The highest BCUT2D eigenvalue weighted by molar-refractivity contribution is 9.10. The Labute approximate surface area is 191 Å². The van der Waals surface area contributed by atoms with Crippen molar-refractivity contribution in [3.8, 4) is 11.5 Å². The zero-order valence-electron chi connectivity index (χ0n) is 18.0. The van der Waals surface area contributed by atoms with E-state index < -0.39 is 0 Å². The van der Waals surface area contributed by atoms with Crippen LogP contribution in [0, 0.1) is 0 Å². The van der Waals surface area contributed by atoms with Crippen LogP contribution in [0.2, 0.25) is 0 Å². The molecule has 2 aromatic heterocycles. The maximum Gasteiger partial charge on any atom is 0.119 e. The Morgan fingerprint density at radius 1 is 0.677 bits per heavy atom. The number of ether oxygens (including phenoxy) is 2. The minimum atomic E-state index is 0.900. The number of fused-ring (bicyclic) bond motifs is 2. The normalized spacial score (nSPS) is 10.1. The largest absolute Gasteiger partial charge is 0.497 e. The van der Waals surface area contributed by atoms with Crippen LogP contribution in [-0.2, 0) is 6.42 Å². The molecule has 0 aliphatic rings. The van der Waals surface area contributed by atoms with Crippen molar-refractivity contribution in [1.82, 2.24) is 9.97 Å². The number of aromatic amines is 2. The molecule has 0 bridgehead atoms. The molecule has 0 amide bonds. The molecule has 0 aliphatic heterocycles. The second kappa shape index (κ2) is 11.3. The lowest BCUT2D eigenvalue weighted by atomic mass is 10.2. The highest BCUT2D eigenvalue weighted by Crippen LogP contribution is 2.19. The fourth-order valence-electron chi connectivity index (χ4n) is 3.04. The zero-order valence-corrected chi connectivity index (χ0v) is 19.6. The predicted octanol–water partition coefficient (Wildman–Crippen LogP) is 7.36. The van der Waals surface area contributed by atoms with E-state index in [9.17, 15) is 0 Å². The molecule has 5 heteroatoms. The minimum Gasteiger partial charge on any atom is -0.497 e. The van der Waals surface area contributed by atoms with Crippen LogP contribution in [0.5, 0.6) is 11.5 Å². The lowest BCUT2D eigenvalue weighted by molar-refractivity contribution is 0.415. The molecule has 0 saturated carbocycles. The van der Waals surface area contributed by atoms with Crippen LogP contribution < -0.4 is 9.47 Å². The van der Waals surface area contributed by atoms with E-state index in [-0.39, 0.29) is 0 Å². The van der Waals surface area contributed by atoms with E-state index >= 15 is 0 Å². The molecule has 2 N–H and O–H groups in total. The van der Waals surface area contributed by atoms with Gasteiger partial charge in [-0.1, -0.05) is 35.0 Å². The maximum absolute atomic E-state index is 5.08. The molecule has 3 aromatic carbocycles. The predicted molar refractivity (Wildman–Crippen MR) is 133 cm³/mol. The van der Waals surface area contributed by atoms with E-state index in [1.807, 2.05) is 60.9 Å². The van der Waals surface area contributed by atoms with Gasteiger partial charge in [-0.05, 0) is 72.6 Å². The second-order valence-corrected chi connectivity index (χ2v) is 7.76. The van der Waals surface area contributed by atoms with Crippen LogP contribution >= 0.6 is 15.9 Å². The average molecular weight is 479 g/mol. The van der Waals surface area contributed by atoms with Crippen molar-refractivity contribution in [3.05, 3.63) is 95.2 Å². The standard InChI is InChI=1S/2C9H9NO.C8H9Br/c2*1-11-8-2-3-9-7(6-8)4-5-10-9;1-2-7-3-5-8(9)6-4-7/h2*2-6,10H,1H3;3-6H,2H2,1H3. The number of aryl methyl sites for hydroxylation is 1. The van der Waals surface area contributed by atoms with Gasteiger partial charge in [-0.15, -0.1) is 0 Å². The Morgan fingerprint density at radius 3 is 1.58 bits per heavy atom. The van der Waals surface area contributed by atoms with Crippen LogP contribution in [0.4, 0.5) is 0 Å². The summed E-state index contributed by atoms with van der Waals surface area (Å²) in [5, 5.41) is 2.37. The summed E-state index contributed by atoms with van der Waals surface area (Å²) in [6, 6.07) is 24.4. The fourth-order valence-corrected chi connectivity index (χ4v) is 3.30. The minimum absolute atomic E-state index is 0.900. The van der Waals surface area contributed by atoms with Gasteiger partial charge in [-0.25, -0.2) is 0 Å². The van der Waals surface area contributed by atoms with Gasteiger partial charge in [-0.3, -0.25) is 0 Å². The molecule has 0 spiro atoms. The number of rotatable bonds is 3. The molecule has 0 atom stereocenters. The smallest absolute Gasteiger partial charge is 0.119 e. The van der Waals surface area contributed by atoms with Gasteiger partial charge in [0.05, 0.1) is 14.2 Å². The fraction of sp³-hybridized carbons (Fsp3) is 0.154. The lowest BCUT2D eigenvalue weighted by Gasteiger charge is -1.97. The van der Waals surface area contributed by atoms with Crippen molar-refractivity contribution in [2.45, 2.75) is 13.3 Å². The van der Waals surface area contributed by atoms with Gasteiger partial charge in [0.1, 0.15) is 11.5 Å². The van der Waals surface area contributed by atoms with Crippen LogP contribution in [-0.4, -0.2) is 24.2 Å². The van der Waals surface area contributed by atoms with Gasteiger partial charge >= 0.3 is 0 Å². The maximum atomic E-state index is 5.08. The van der Waals surface area contributed by atoms with Gasteiger partial charge < -0.3 is 19.4 Å². The Bertz CT molecular complexity index is 1140. The van der Waals surface area contributed by atoms with Crippen molar-refractivity contribution in [3.63, 3.8) is 0 Å². The molecule has 31 heavy (non-hydrogen) atoms. The first-order chi connectivity index (χ1) is 15.1. The number of halogens is 1. The molecule has 5 rings (SSSR count). The molecule has 0 fully saturated rings. The number of nitrogens with one attached hydrogen (secondary N) is 2. The van der Waals surface area contributed by atoms with Gasteiger partial charge in [0.15, 0.2) is 0 Å². The summed E-state index contributed by atoms with van der Waals surface area (Å²) in [6.07, 6.45) is 4.96. The summed E-state index contributed by atoms with van der Waals surface area (Å²) < 4.78 is 11.3. The molecule has 0 aliphatic carbocycles. The first-order valence-corrected chi connectivity index (χ1v) is 10.9. The second-order valence-electron chi connectivity index (χ2n) is 6.84. The molecular formula is C26H27BrN2O2. The third kappa shape index (κ3) is 6.40. The van der Waals surface area contributed by atoms with Crippen molar-refractivity contribution >= 4 is 37.7 Å². The summed E-state index contributed by atoms with van der Waals surface area (Å²) in [7, 11) is 3.35. The third-order valence-corrected chi connectivity index (χ3v) is 5.37. The molecule has 0 saturated heterocycles. The van der Waals surface area contributed by atoms with Crippen LogP contribution in [0.25, 0.3) is 21.8 Å². The van der Waals surface area contributed by atoms with E-state index in [1.165, 1.54) is 16.3 Å². The van der Waals surface area contributed by atoms with Crippen molar-refractivity contribution in [2.75, 3.05) is 14.2 Å². The molecular weight excluding hydrogens is 452 g/mol. The number of H-pyrrole nitrogens is 2. The highest BCUT2D eigenvalue weighted by atomic mass is 79.9. The Balaban J connectivity index is 0.000000133. The van der Waals surface area contributed by atoms with E-state index in [2.05, 4.69) is 57.1 Å². The number of aromatic nitrogens is 2. The average Bonchev–Trinajstić information content (AvgIpc) is 3.48. The van der Waals surface area contributed by atoms with Crippen LogP contribution in [0.15, 0.2) is 89.7 Å². The van der Waals surface area contributed by atoms with Crippen molar-refractivity contribution in [2.24, 2.45) is 0 Å². The Kier molecular flexibility index (Phi) is 8.19. The van der Waals surface area contributed by atoms with Gasteiger partial charge in [0.2, 0.25) is 0 Å². The van der Waals surface area contributed by atoms with Gasteiger partial charge in [0, 0.05) is 38.7 Å². The summed E-state index contributed by atoms with van der Waals surface area (Å²) in [5.74, 6) is 1.80. The quantitative estimate of drug-likeness (QED) is 0.284. The molecule has 4 nitrogen and oxygen atoms in total. The molecule has 160 valence electrons. The number of hydrogen-bond donors (Lipinski definition) is 2. The lowest BCUT2D eigenvalue weighted by Crippen LogP contribution is -1.80. The number of hydrogen-bond acceptors (Lipinski definition) is 2. The first kappa shape index (κ1) is 22.5. The molecule has 0 unspecified atom stereocenters. The molecule has 5 aromatic rings. The Hall–Kier alpha value is -3.18. The zero-order chi connectivity index (χ0) is 22.1. The van der Waals surface area contributed by atoms with Gasteiger partial charge in [0.25, 0.3) is 0 Å². The van der Waals surface area contributed by atoms with Crippen LogP contribution in [0.3, 0.4) is 0 Å². The first-order valence-electron chi connectivity index (χ1n) is 10.1. The molecule has 0 radical (unpaired) electrons. The van der Waals surface area contributed by atoms with Gasteiger partial charge in [-0.2, -0.15) is 0 Å². The number of benzene rings is 3. The van der Waals surface area contributed by atoms with Crippen molar-refractivity contribution < 1.29 is 9.47 Å². The van der Waals surface area contributed by atoms with Crippen molar-refractivity contribution in [1.29, 1.82) is 0 Å². The Morgan fingerprint density at radius 2 is 1.16 bits per heavy atom. The van der Waals surface area contributed by atoms with E-state index in [0.717, 1.165) is 33.4 Å². The summed E-state index contributed by atoms with van der Waals surface area (Å²) in [5.41, 5.74) is 3.68. The topological polar surface area (TPSA) is 50.0 Å². The third-order valence-electron chi connectivity index (χ3n) is 4.84. The number of methoxy groups -OCH3 is 2. The van der Waals surface area contributed by atoms with E-state index in [4.69, 9.17) is 9.47 Å². The summed E-state index contributed by atoms with van der Waals surface area (Å²) in [4.78, 5) is 6.23. The van der Waals surface area contributed by atoms with Crippen LogP contribution in [0.1, 0.15) is 12.5 Å². The summed E-state index contributed by atoms with van der Waals surface area (Å²) in [6.45, 7) is 2.16. The SMILES string of the molecule is CCc1ccc(Br)cc1.COc1ccc2[nH]ccc2c1.COc1ccc2[nH]ccc2c1.